The minimum Gasteiger partial charge on any atom is -0.330 e. The van der Waals surface area contributed by atoms with E-state index in [9.17, 15) is 0 Å². The van der Waals surface area contributed by atoms with E-state index in [2.05, 4.69) is 24.3 Å². The van der Waals surface area contributed by atoms with Crippen molar-refractivity contribution in [1.82, 2.24) is 0 Å². The van der Waals surface area contributed by atoms with Gasteiger partial charge in [-0.15, -0.1) is 0 Å². The summed E-state index contributed by atoms with van der Waals surface area (Å²) in [6, 6.07) is 0. The summed E-state index contributed by atoms with van der Waals surface area (Å²) < 4.78 is 0. The molecule has 0 heterocycles. The summed E-state index contributed by atoms with van der Waals surface area (Å²) in [6.07, 6.45) is 10.3. The molecule has 2 heteroatoms. The van der Waals surface area contributed by atoms with Crippen molar-refractivity contribution in [3.8, 4) is 0 Å². The van der Waals surface area contributed by atoms with Crippen molar-refractivity contribution < 1.29 is 0 Å². The first-order chi connectivity index (χ1) is 6.24. The molecule has 76 valence electrons. The van der Waals surface area contributed by atoms with Crippen LogP contribution in [-0.2, 0) is 0 Å². The molecule has 0 unspecified atom stereocenters. The lowest BCUT2D eigenvalue weighted by molar-refractivity contribution is 0.317. The molecule has 0 aliphatic carbocycles. The molecule has 0 aromatic rings. The third kappa shape index (κ3) is 4.25. The van der Waals surface area contributed by atoms with Gasteiger partial charge in [-0.3, -0.25) is 0 Å². The number of rotatable bonds is 6. The molecule has 0 radical (unpaired) electrons. The third-order valence-electron chi connectivity index (χ3n) is 2.44. The monoisotopic (exact) mass is 182 g/mol. The average Bonchev–Trinajstić information content (AvgIpc) is 2.20. The zero-order valence-corrected chi connectivity index (χ0v) is 8.79. The topological polar surface area (TPSA) is 52.0 Å². The highest BCUT2D eigenvalue weighted by atomic mass is 14.7. The highest BCUT2D eigenvalue weighted by Crippen LogP contribution is 2.25. The van der Waals surface area contributed by atoms with Gasteiger partial charge < -0.3 is 11.5 Å². The molecule has 0 rings (SSSR count). The van der Waals surface area contributed by atoms with E-state index in [1.165, 1.54) is 0 Å². The standard InChI is InChI=1S/C11H22N2/c1-3-5-7-11(9-12,10-13)8-6-4-2/h3-6H,7-10,12-13H2,1-2H3. The first-order valence-electron chi connectivity index (χ1n) is 4.87. The molecule has 0 saturated carbocycles. The predicted octanol–water partition coefficient (Wildman–Crippen LogP) is 1.82. The zero-order valence-electron chi connectivity index (χ0n) is 8.79. The molecule has 0 bridgehead atoms. The van der Waals surface area contributed by atoms with E-state index >= 15 is 0 Å². The largest absolute Gasteiger partial charge is 0.330 e. The summed E-state index contributed by atoms with van der Waals surface area (Å²) in [5, 5.41) is 0. The van der Waals surface area contributed by atoms with Crippen LogP contribution in [0.1, 0.15) is 26.7 Å². The van der Waals surface area contributed by atoms with E-state index < -0.39 is 0 Å². The molecule has 0 saturated heterocycles. The second-order valence-corrected chi connectivity index (χ2v) is 3.45. The van der Waals surface area contributed by atoms with Crippen LogP contribution in [0.15, 0.2) is 24.3 Å². The highest BCUT2D eigenvalue weighted by Gasteiger charge is 2.23. The summed E-state index contributed by atoms with van der Waals surface area (Å²) in [6.45, 7) is 5.34. The number of hydrogen-bond donors (Lipinski definition) is 2. The van der Waals surface area contributed by atoms with E-state index in [1.54, 1.807) is 0 Å². The van der Waals surface area contributed by atoms with Crippen LogP contribution in [0.4, 0.5) is 0 Å². The molecule has 4 N–H and O–H groups in total. The Hall–Kier alpha value is -0.600. The minimum atomic E-state index is 0.0685. The van der Waals surface area contributed by atoms with Gasteiger partial charge in [0.1, 0.15) is 0 Å². The van der Waals surface area contributed by atoms with Crippen molar-refractivity contribution in [2.45, 2.75) is 26.7 Å². The Balaban J connectivity index is 4.29. The van der Waals surface area contributed by atoms with E-state index in [4.69, 9.17) is 11.5 Å². The summed E-state index contributed by atoms with van der Waals surface area (Å²) in [5.41, 5.74) is 11.6. The van der Waals surface area contributed by atoms with Crippen LogP contribution in [0.25, 0.3) is 0 Å². The number of hydrogen-bond acceptors (Lipinski definition) is 2. The van der Waals surface area contributed by atoms with Crippen LogP contribution < -0.4 is 11.5 Å². The van der Waals surface area contributed by atoms with Gasteiger partial charge in [-0.1, -0.05) is 24.3 Å². The Morgan fingerprint density at radius 1 is 0.923 bits per heavy atom. The number of allylic oxidation sites excluding steroid dienone is 4. The van der Waals surface area contributed by atoms with E-state index in [0.717, 1.165) is 12.8 Å². The summed E-state index contributed by atoms with van der Waals surface area (Å²) in [5.74, 6) is 0. The summed E-state index contributed by atoms with van der Waals surface area (Å²) in [7, 11) is 0. The van der Waals surface area contributed by atoms with Gasteiger partial charge >= 0.3 is 0 Å². The van der Waals surface area contributed by atoms with Gasteiger partial charge in [-0.25, -0.2) is 0 Å². The average molecular weight is 182 g/mol. The maximum Gasteiger partial charge on any atom is 0.00169 e. The highest BCUT2D eigenvalue weighted by molar-refractivity contribution is 4.96. The SMILES string of the molecule is CC=CCC(CN)(CN)CC=CC. The Bertz CT molecular complexity index is 151. The summed E-state index contributed by atoms with van der Waals surface area (Å²) >= 11 is 0. The Kier molecular flexibility index (Phi) is 6.55. The lowest BCUT2D eigenvalue weighted by atomic mass is 9.81. The van der Waals surface area contributed by atoms with Crippen molar-refractivity contribution in [3.05, 3.63) is 24.3 Å². The fourth-order valence-electron chi connectivity index (χ4n) is 1.24. The zero-order chi connectivity index (χ0) is 10.2. The van der Waals surface area contributed by atoms with Gasteiger partial charge in [0, 0.05) is 5.41 Å². The van der Waals surface area contributed by atoms with Crippen molar-refractivity contribution in [2.24, 2.45) is 16.9 Å². The van der Waals surface area contributed by atoms with Crippen LogP contribution in [0.2, 0.25) is 0 Å². The van der Waals surface area contributed by atoms with Crippen molar-refractivity contribution in [3.63, 3.8) is 0 Å². The van der Waals surface area contributed by atoms with Gasteiger partial charge in [0.05, 0.1) is 0 Å². The fourth-order valence-corrected chi connectivity index (χ4v) is 1.24. The summed E-state index contributed by atoms with van der Waals surface area (Å²) in [4.78, 5) is 0. The lowest BCUT2D eigenvalue weighted by Crippen LogP contribution is -2.37. The molecular weight excluding hydrogens is 160 g/mol. The molecule has 2 nitrogen and oxygen atoms in total. The van der Waals surface area contributed by atoms with Crippen molar-refractivity contribution in [2.75, 3.05) is 13.1 Å². The van der Waals surface area contributed by atoms with Crippen molar-refractivity contribution >= 4 is 0 Å². The molecule has 0 spiro atoms. The maximum absolute atomic E-state index is 5.75. The number of nitrogens with two attached hydrogens (primary N) is 2. The van der Waals surface area contributed by atoms with Crippen LogP contribution in [-0.4, -0.2) is 13.1 Å². The van der Waals surface area contributed by atoms with Gasteiger partial charge in [0.2, 0.25) is 0 Å². The Labute approximate surface area is 81.7 Å². The van der Waals surface area contributed by atoms with Gasteiger partial charge in [-0.05, 0) is 39.8 Å². The fraction of sp³-hybridized carbons (Fsp3) is 0.636. The molecule has 0 amide bonds. The molecule has 13 heavy (non-hydrogen) atoms. The lowest BCUT2D eigenvalue weighted by Gasteiger charge is -2.28. The van der Waals surface area contributed by atoms with Gasteiger partial charge in [0.15, 0.2) is 0 Å². The first kappa shape index (κ1) is 12.4. The van der Waals surface area contributed by atoms with Crippen LogP contribution >= 0.6 is 0 Å². The molecule has 0 fully saturated rings. The first-order valence-corrected chi connectivity index (χ1v) is 4.87. The molecule has 0 aromatic carbocycles. The van der Waals surface area contributed by atoms with Crippen molar-refractivity contribution in [1.29, 1.82) is 0 Å². The molecule has 0 aliphatic heterocycles. The predicted molar refractivity (Wildman–Crippen MR) is 59.4 cm³/mol. The van der Waals surface area contributed by atoms with Gasteiger partial charge in [0.25, 0.3) is 0 Å². The third-order valence-corrected chi connectivity index (χ3v) is 2.44. The Morgan fingerprint density at radius 3 is 1.54 bits per heavy atom. The Morgan fingerprint density at radius 2 is 1.31 bits per heavy atom. The maximum atomic E-state index is 5.75. The van der Waals surface area contributed by atoms with Crippen LogP contribution in [0, 0.1) is 5.41 Å². The molecular formula is C11H22N2. The van der Waals surface area contributed by atoms with Crippen LogP contribution in [0.5, 0.6) is 0 Å². The normalized spacial score (nSPS) is 13.2. The molecule has 0 aliphatic rings. The van der Waals surface area contributed by atoms with E-state index in [0.29, 0.717) is 13.1 Å². The smallest absolute Gasteiger partial charge is 0.00169 e. The van der Waals surface area contributed by atoms with Gasteiger partial charge in [-0.2, -0.15) is 0 Å². The van der Waals surface area contributed by atoms with E-state index in [-0.39, 0.29) is 5.41 Å². The molecule has 0 atom stereocenters. The second-order valence-electron chi connectivity index (χ2n) is 3.45. The quantitative estimate of drug-likeness (QED) is 0.616. The minimum absolute atomic E-state index is 0.0685. The van der Waals surface area contributed by atoms with Crippen LogP contribution in [0.3, 0.4) is 0 Å². The molecule has 0 aromatic heterocycles. The second kappa shape index (κ2) is 6.87. The van der Waals surface area contributed by atoms with E-state index in [1.807, 2.05) is 13.8 Å².